The molecule has 1 atom stereocenters. The lowest BCUT2D eigenvalue weighted by atomic mass is 9.80. The van der Waals surface area contributed by atoms with Crippen LogP contribution in [0.15, 0.2) is 121 Å². The second-order valence-corrected chi connectivity index (χ2v) is 13.1. The van der Waals surface area contributed by atoms with Gasteiger partial charge < -0.3 is 14.2 Å². The Hall–Kier alpha value is -3.64. The summed E-state index contributed by atoms with van der Waals surface area (Å²) < 4.78 is 18.8. The minimum Gasteiger partial charge on any atom is -0.497 e. The summed E-state index contributed by atoms with van der Waals surface area (Å²) in [4.78, 5) is 13.3. The molecule has 5 heteroatoms. The highest BCUT2D eigenvalue weighted by atomic mass is 32.2. The Morgan fingerprint density at radius 2 is 1.26 bits per heavy atom. The van der Waals surface area contributed by atoms with Crippen molar-refractivity contribution in [2.24, 2.45) is 0 Å². The molecule has 0 fully saturated rings. The van der Waals surface area contributed by atoms with Crippen LogP contribution < -0.4 is 4.74 Å². The zero-order valence-corrected chi connectivity index (χ0v) is 28.8. The van der Waals surface area contributed by atoms with Crippen molar-refractivity contribution < 1.29 is 19.0 Å². The molecule has 0 radical (unpaired) electrons. The second-order valence-electron chi connectivity index (χ2n) is 11.8. The van der Waals surface area contributed by atoms with Crippen LogP contribution in [0.25, 0.3) is 6.08 Å². The highest BCUT2D eigenvalue weighted by Crippen LogP contribution is 2.41. The fraction of sp³-hybridized carbons (Fsp3) is 0.357. The molecule has 0 aliphatic heterocycles. The first-order valence-corrected chi connectivity index (χ1v) is 17.9. The Balaban J connectivity index is 1.53. The van der Waals surface area contributed by atoms with Gasteiger partial charge in [0.2, 0.25) is 0 Å². The summed E-state index contributed by atoms with van der Waals surface area (Å²) >= 11 is 1.37. The number of thioether (sulfide) groups is 1. The van der Waals surface area contributed by atoms with E-state index in [2.05, 4.69) is 61.5 Å². The molecule has 0 amide bonds. The lowest BCUT2D eigenvalue weighted by Gasteiger charge is -2.37. The molecule has 0 aromatic heterocycles. The maximum atomic E-state index is 13.3. The van der Waals surface area contributed by atoms with Gasteiger partial charge in [-0.05, 0) is 40.8 Å². The number of benzene rings is 4. The topological polar surface area (TPSA) is 44.8 Å². The Kier molecular flexibility index (Phi) is 15.8. The predicted octanol–water partition coefficient (Wildman–Crippen LogP) is 10.5. The van der Waals surface area contributed by atoms with Gasteiger partial charge in [-0.25, -0.2) is 0 Å². The summed E-state index contributed by atoms with van der Waals surface area (Å²) in [6, 6.07) is 38.9. The van der Waals surface area contributed by atoms with Crippen LogP contribution in [0.1, 0.15) is 80.5 Å². The van der Waals surface area contributed by atoms with Gasteiger partial charge in [0, 0.05) is 6.42 Å². The second kappa shape index (κ2) is 20.6. The van der Waals surface area contributed by atoms with E-state index in [4.69, 9.17) is 14.2 Å². The van der Waals surface area contributed by atoms with Gasteiger partial charge in [-0.3, -0.25) is 4.79 Å². The molecule has 0 spiro atoms. The van der Waals surface area contributed by atoms with Crippen LogP contribution in [-0.4, -0.2) is 37.3 Å². The lowest BCUT2D eigenvalue weighted by Crippen LogP contribution is -2.36. The molecule has 0 aliphatic carbocycles. The first-order valence-electron chi connectivity index (χ1n) is 17.0. The molecule has 0 aliphatic rings. The molecule has 0 heterocycles. The first kappa shape index (κ1) is 36.2. The quantitative estimate of drug-likeness (QED) is 0.0663. The van der Waals surface area contributed by atoms with Crippen molar-refractivity contribution in [3.63, 3.8) is 0 Å². The van der Waals surface area contributed by atoms with Crippen LogP contribution >= 0.6 is 11.8 Å². The Bertz CT molecular complexity index is 1400. The molecule has 4 aromatic rings. The molecule has 0 saturated carbocycles. The van der Waals surface area contributed by atoms with Crippen LogP contribution in [-0.2, 0) is 19.9 Å². The van der Waals surface area contributed by atoms with Crippen molar-refractivity contribution >= 4 is 23.0 Å². The summed E-state index contributed by atoms with van der Waals surface area (Å²) in [5.41, 5.74) is 3.25. The van der Waals surface area contributed by atoms with Gasteiger partial charge in [0.05, 0.1) is 32.2 Å². The van der Waals surface area contributed by atoms with Crippen molar-refractivity contribution in [1.29, 1.82) is 0 Å². The van der Waals surface area contributed by atoms with Gasteiger partial charge in [-0.2, -0.15) is 0 Å². The largest absolute Gasteiger partial charge is 0.497 e. The lowest BCUT2D eigenvalue weighted by molar-refractivity contribution is -0.111. The van der Waals surface area contributed by atoms with Crippen LogP contribution in [0.5, 0.6) is 5.75 Å². The number of hydrogen-bond acceptors (Lipinski definition) is 5. The van der Waals surface area contributed by atoms with E-state index in [0.717, 1.165) is 40.8 Å². The smallest absolute Gasteiger partial charge is 0.189 e. The number of hydrogen-bond donors (Lipinski definition) is 0. The monoisotopic (exact) mass is 650 g/mol. The van der Waals surface area contributed by atoms with E-state index in [9.17, 15) is 4.79 Å². The summed E-state index contributed by atoms with van der Waals surface area (Å²) in [5.74, 6) is 0.783. The fourth-order valence-electron chi connectivity index (χ4n) is 5.74. The maximum Gasteiger partial charge on any atom is 0.189 e. The third-order valence-electron chi connectivity index (χ3n) is 8.25. The molecular weight excluding hydrogens is 601 g/mol. The Morgan fingerprint density at radius 3 is 1.85 bits per heavy atom. The molecule has 0 N–H and O–H groups in total. The average Bonchev–Trinajstić information content (AvgIpc) is 3.12. The minimum absolute atomic E-state index is 0.178. The SMILES string of the molecule is CCCCCCCCCC(=O)S[C@@H](COC/C=C/c1ccccc1)COC(c1ccccc1)(c1ccccc1)c1ccc(OC)cc1. The van der Waals surface area contributed by atoms with E-state index in [1.165, 1.54) is 43.9 Å². The van der Waals surface area contributed by atoms with E-state index in [1.54, 1.807) is 7.11 Å². The van der Waals surface area contributed by atoms with Gasteiger partial charge in [0.1, 0.15) is 11.4 Å². The number of unbranched alkanes of at least 4 members (excludes halogenated alkanes) is 6. The summed E-state index contributed by atoms with van der Waals surface area (Å²) in [6.07, 6.45) is 13.0. The van der Waals surface area contributed by atoms with Crippen molar-refractivity contribution in [3.05, 3.63) is 144 Å². The zero-order chi connectivity index (χ0) is 33.0. The van der Waals surface area contributed by atoms with E-state index < -0.39 is 5.60 Å². The van der Waals surface area contributed by atoms with Crippen molar-refractivity contribution in [2.75, 3.05) is 26.9 Å². The summed E-state index contributed by atoms with van der Waals surface area (Å²) in [7, 11) is 1.67. The molecule has 4 aromatic carbocycles. The maximum absolute atomic E-state index is 13.3. The molecule has 4 nitrogen and oxygen atoms in total. The number of carbonyl (C=O) groups excluding carboxylic acids is 1. The minimum atomic E-state index is -0.900. The normalized spacial score (nSPS) is 12.3. The van der Waals surface area contributed by atoms with Crippen LogP contribution in [0.4, 0.5) is 0 Å². The number of ether oxygens (including phenoxy) is 3. The molecule has 4 rings (SSSR count). The Morgan fingerprint density at radius 1 is 0.702 bits per heavy atom. The average molecular weight is 651 g/mol. The third-order valence-corrected chi connectivity index (χ3v) is 9.33. The van der Waals surface area contributed by atoms with Crippen LogP contribution in [0.3, 0.4) is 0 Å². The van der Waals surface area contributed by atoms with Crippen LogP contribution in [0, 0.1) is 0 Å². The van der Waals surface area contributed by atoms with E-state index >= 15 is 0 Å². The number of rotatable bonds is 21. The Labute approximate surface area is 286 Å². The molecule has 0 saturated heterocycles. The zero-order valence-electron chi connectivity index (χ0n) is 28.0. The molecule has 47 heavy (non-hydrogen) atoms. The third kappa shape index (κ3) is 11.5. The van der Waals surface area contributed by atoms with E-state index in [-0.39, 0.29) is 10.4 Å². The highest BCUT2D eigenvalue weighted by Gasteiger charge is 2.38. The molecule has 248 valence electrons. The summed E-state index contributed by atoms with van der Waals surface area (Å²) in [6.45, 7) is 3.42. The van der Waals surface area contributed by atoms with Gasteiger partial charge >= 0.3 is 0 Å². The van der Waals surface area contributed by atoms with Gasteiger partial charge in [-0.1, -0.05) is 172 Å². The molecule has 0 unspecified atom stereocenters. The molecule has 0 bridgehead atoms. The van der Waals surface area contributed by atoms with Crippen molar-refractivity contribution in [2.45, 2.75) is 69.1 Å². The predicted molar refractivity (Wildman–Crippen MR) is 197 cm³/mol. The fourth-order valence-corrected chi connectivity index (χ4v) is 6.68. The van der Waals surface area contributed by atoms with E-state index in [1.807, 2.05) is 72.8 Å². The van der Waals surface area contributed by atoms with Crippen molar-refractivity contribution in [1.82, 2.24) is 0 Å². The first-order chi connectivity index (χ1) is 23.2. The van der Waals surface area contributed by atoms with Gasteiger partial charge in [0.15, 0.2) is 5.12 Å². The number of carbonyl (C=O) groups is 1. The molecular formula is C42H50O4S. The standard InChI is InChI=1S/C42H50O4S/c1-3-4-5-6-7-8-18-27-41(43)47-40(33-45-32-19-22-35-20-12-9-13-21-35)34-46-42(36-23-14-10-15-24-36,37-25-16-11-17-26-37)38-28-30-39(44-2)31-29-38/h9-17,19-26,28-31,40H,3-8,18,27,32-34H2,1-2H3/b22-19+/t40-/m0/s1. The van der Waals surface area contributed by atoms with E-state index in [0.29, 0.717) is 26.2 Å². The van der Waals surface area contributed by atoms with Gasteiger partial charge in [-0.15, -0.1) is 0 Å². The van der Waals surface area contributed by atoms with Gasteiger partial charge in [0.25, 0.3) is 0 Å². The summed E-state index contributed by atoms with van der Waals surface area (Å²) in [5, 5.41) is 0.0206. The number of methoxy groups -OCH3 is 1. The van der Waals surface area contributed by atoms with Crippen molar-refractivity contribution in [3.8, 4) is 5.75 Å². The van der Waals surface area contributed by atoms with Crippen LogP contribution in [0.2, 0.25) is 0 Å². The highest BCUT2D eigenvalue weighted by molar-refractivity contribution is 8.14.